The van der Waals surface area contributed by atoms with Crippen molar-refractivity contribution in [2.75, 3.05) is 5.07 Å². The van der Waals surface area contributed by atoms with Gasteiger partial charge >= 0.3 is 0 Å². The molecule has 0 aliphatic heterocycles. The number of halogens is 1. The quantitative estimate of drug-likeness (QED) is 0.506. The van der Waals surface area contributed by atoms with Gasteiger partial charge in [-0.1, -0.05) is 54.5 Å². The summed E-state index contributed by atoms with van der Waals surface area (Å²) in [5.74, 6) is 0. The van der Waals surface area contributed by atoms with E-state index in [1.807, 2.05) is 0 Å². The molecule has 0 spiro atoms. The van der Waals surface area contributed by atoms with E-state index in [-0.39, 0.29) is 0 Å². The lowest BCUT2D eigenvalue weighted by Crippen LogP contribution is -2.24. The minimum atomic E-state index is -1.93. The van der Waals surface area contributed by atoms with Gasteiger partial charge in [0.2, 0.25) is 0 Å². The molecule has 0 aromatic rings. The molecule has 0 saturated heterocycles. The maximum absolute atomic E-state index is 13.2. The third kappa shape index (κ3) is 2.75. The van der Waals surface area contributed by atoms with Crippen LogP contribution >= 0.6 is 23.1 Å². The third-order valence-electron chi connectivity index (χ3n) is 4.57. The van der Waals surface area contributed by atoms with Gasteiger partial charge in [-0.05, 0) is 25.7 Å². The van der Waals surface area contributed by atoms with E-state index in [0.717, 1.165) is 5.07 Å². The molecule has 1 nitrogen and oxygen atoms in total. The molecule has 2 aliphatic carbocycles. The predicted molar refractivity (Wildman–Crippen MR) is 75.1 cm³/mol. The van der Waals surface area contributed by atoms with E-state index in [9.17, 15) is 4.57 Å². The Bertz CT molecular complexity index is 233. The van der Waals surface area contributed by atoms with Gasteiger partial charge < -0.3 is 4.57 Å². The van der Waals surface area contributed by atoms with Gasteiger partial charge in [0.05, 0.1) is 5.07 Å². The lowest BCUT2D eigenvalue weighted by atomic mass is 9.99. The van der Waals surface area contributed by atoms with Crippen LogP contribution in [0, 0.1) is 0 Å². The van der Waals surface area contributed by atoms with Crippen LogP contribution < -0.4 is 0 Å². The van der Waals surface area contributed by atoms with Crippen molar-refractivity contribution in [3.63, 3.8) is 0 Å². The van der Waals surface area contributed by atoms with E-state index in [1.54, 1.807) is 0 Å². The highest BCUT2D eigenvalue weighted by atomic mass is 79.9. The van der Waals surface area contributed by atoms with Crippen LogP contribution in [0.4, 0.5) is 0 Å². The van der Waals surface area contributed by atoms with Crippen molar-refractivity contribution in [1.82, 2.24) is 0 Å². The summed E-state index contributed by atoms with van der Waals surface area (Å²) in [5, 5.41) is 0.787. The Morgan fingerprint density at radius 2 is 1.19 bits per heavy atom. The van der Waals surface area contributed by atoms with Crippen LogP contribution in [0.5, 0.6) is 0 Å². The van der Waals surface area contributed by atoms with Crippen molar-refractivity contribution in [3.05, 3.63) is 0 Å². The third-order valence-corrected chi connectivity index (χ3v) is 10.8. The summed E-state index contributed by atoms with van der Waals surface area (Å²) in [5.41, 5.74) is 1.12. The van der Waals surface area contributed by atoms with Gasteiger partial charge in [0.15, 0.2) is 0 Å². The molecule has 2 rings (SSSR count). The molecule has 16 heavy (non-hydrogen) atoms. The lowest BCUT2D eigenvalue weighted by molar-refractivity contribution is 0.450. The maximum Gasteiger partial charge on any atom is 0.104 e. The van der Waals surface area contributed by atoms with Crippen LogP contribution in [0.1, 0.15) is 64.2 Å². The summed E-state index contributed by atoms with van der Waals surface area (Å²) < 4.78 is 13.2. The molecule has 2 fully saturated rings. The highest BCUT2D eigenvalue weighted by molar-refractivity contribution is 9.10. The Morgan fingerprint density at radius 1 is 0.812 bits per heavy atom. The largest absolute Gasteiger partial charge is 0.322 e. The maximum atomic E-state index is 13.2. The minimum absolute atomic E-state index is 0.559. The zero-order chi connectivity index (χ0) is 11.4. The van der Waals surface area contributed by atoms with Gasteiger partial charge in [0, 0.05) is 11.3 Å². The molecule has 0 amide bonds. The fourth-order valence-corrected chi connectivity index (χ4v) is 9.45. The Balaban J connectivity index is 2.06. The second-order valence-corrected chi connectivity index (χ2v) is 10.5. The first kappa shape index (κ1) is 13.1. The van der Waals surface area contributed by atoms with Crippen LogP contribution in [-0.2, 0) is 4.57 Å². The molecule has 0 aromatic carbocycles. The molecule has 0 heterocycles. The fourth-order valence-electron chi connectivity index (χ4n) is 3.53. The Kier molecular flexibility index (Phi) is 4.97. The number of rotatable bonds is 3. The summed E-state index contributed by atoms with van der Waals surface area (Å²) in [6.45, 7) is 0. The van der Waals surface area contributed by atoms with E-state index in [1.165, 1.54) is 64.2 Å². The zero-order valence-electron chi connectivity index (χ0n) is 10.2. The molecular weight excluding hydrogens is 283 g/mol. The first-order valence-electron chi connectivity index (χ1n) is 6.92. The molecular formula is C13H24BrOP. The van der Waals surface area contributed by atoms with Gasteiger partial charge in [0.25, 0.3) is 0 Å². The summed E-state index contributed by atoms with van der Waals surface area (Å²) in [4.78, 5) is 0. The molecule has 94 valence electrons. The molecule has 0 aromatic heterocycles. The Morgan fingerprint density at radius 3 is 1.50 bits per heavy atom. The Hall–Kier alpha value is 0.710. The van der Waals surface area contributed by atoms with Gasteiger partial charge in [0.1, 0.15) is 7.14 Å². The normalized spacial score (nSPS) is 25.8. The van der Waals surface area contributed by atoms with Crippen LogP contribution in [0.2, 0.25) is 0 Å². The molecule has 2 aliphatic rings. The van der Waals surface area contributed by atoms with E-state index in [0.29, 0.717) is 11.3 Å². The molecule has 0 radical (unpaired) electrons. The van der Waals surface area contributed by atoms with Gasteiger partial charge in [-0.2, -0.15) is 0 Å². The first-order chi connectivity index (χ1) is 7.77. The molecule has 0 unspecified atom stereocenters. The molecule has 0 atom stereocenters. The highest BCUT2D eigenvalue weighted by Gasteiger charge is 2.39. The fraction of sp³-hybridized carbons (Fsp3) is 1.00. The number of alkyl halides is 1. The highest BCUT2D eigenvalue weighted by Crippen LogP contribution is 2.63. The SMILES string of the molecule is O=P(CBr)(C1CCCCC1)C1CCCCC1. The van der Waals surface area contributed by atoms with Crippen LogP contribution in [0.3, 0.4) is 0 Å². The topological polar surface area (TPSA) is 17.1 Å². The smallest absolute Gasteiger partial charge is 0.104 e. The number of hydrogen-bond donors (Lipinski definition) is 0. The van der Waals surface area contributed by atoms with E-state index in [4.69, 9.17) is 0 Å². The Labute approximate surface area is 108 Å². The molecule has 0 bridgehead atoms. The first-order valence-corrected chi connectivity index (χ1v) is 10.1. The van der Waals surface area contributed by atoms with E-state index >= 15 is 0 Å². The zero-order valence-corrected chi connectivity index (χ0v) is 12.6. The standard InChI is InChI=1S/C13H24BrOP/c14-11-16(15,12-7-3-1-4-8-12)13-9-5-2-6-10-13/h12-13H,1-11H2. The van der Waals surface area contributed by atoms with Gasteiger partial charge in [-0.15, -0.1) is 0 Å². The minimum Gasteiger partial charge on any atom is -0.322 e. The number of hydrogen-bond acceptors (Lipinski definition) is 1. The molecule has 0 N–H and O–H groups in total. The second-order valence-electron chi connectivity index (χ2n) is 5.56. The van der Waals surface area contributed by atoms with Gasteiger partial charge in [-0.25, -0.2) is 0 Å². The average molecular weight is 307 g/mol. The van der Waals surface area contributed by atoms with Crippen LogP contribution in [-0.4, -0.2) is 16.4 Å². The van der Waals surface area contributed by atoms with Crippen molar-refractivity contribution in [2.24, 2.45) is 0 Å². The summed E-state index contributed by atoms with van der Waals surface area (Å²) in [6.07, 6.45) is 12.9. The predicted octanol–water partition coefficient (Wildman–Crippen LogP) is 5.37. The van der Waals surface area contributed by atoms with Crippen molar-refractivity contribution >= 4 is 23.1 Å². The van der Waals surface area contributed by atoms with Crippen LogP contribution in [0.25, 0.3) is 0 Å². The lowest BCUT2D eigenvalue weighted by Gasteiger charge is -2.37. The van der Waals surface area contributed by atoms with Crippen molar-refractivity contribution in [3.8, 4) is 0 Å². The average Bonchev–Trinajstić information content (AvgIpc) is 2.40. The van der Waals surface area contributed by atoms with Gasteiger partial charge in [-0.3, -0.25) is 0 Å². The van der Waals surface area contributed by atoms with E-state index in [2.05, 4.69) is 15.9 Å². The summed E-state index contributed by atoms with van der Waals surface area (Å²) in [7, 11) is -1.93. The monoisotopic (exact) mass is 306 g/mol. The molecule has 2 saturated carbocycles. The molecule has 3 heteroatoms. The van der Waals surface area contributed by atoms with Crippen molar-refractivity contribution in [1.29, 1.82) is 0 Å². The summed E-state index contributed by atoms with van der Waals surface area (Å²) >= 11 is 3.58. The van der Waals surface area contributed by atoms with Crippen LogP contribution in [0.15, 0.2) is 0 Å². The summed E-state index contributed by atoms with van der Waals surface area (Å²) in [6, 6.07) is 0. The van der Waals surface area contributed by atoms with Crippen molar-refractivity contribution in [2.45, 2.75) is 75.5 Å². The van der Waals surface area contributed by atoms with E-state index < -0.39 is 7.14 Å². The second kappa shape index (κ2) is 6.05. The van der Waals surface area contributed by atoms with Crippen molar-refractivity contribution < 1.29 is 4.57 Å².